The van der Waals surface area contributed by atoms with Gasteiger partial charge in [0, 0.05) is 62.9 Å². The van der Waals surface area contributed by atoms with Crippen LogP contribution in [0.2, 0.25) is 10.0 Å². The number of hydrogen-bond acceptors (Lipinski definition) is 5. The lowest BCUT2D eigenvalue weighted by Gasteiger charge is -2.34. The summed E-state index contributed by atoms with van der Waals surface area (Å²) in [6.07, 6.45) is -2.88. The van der Waals surface area contributed by atoms with Gasteiger partial charge in [-0.25, -0.2) is 4.98 Å². The van der Waals surface area contributed by atoms with Crippen LogP contribution in [0.3, 0.4) is 0 Å². The van der Waals surface area contributed by atoms with Crippen molar-refractivity contribution < 1.29 is 27.5 Å². The van der Waals surface area contributed by atoms with Crippen molar-refractivity contribution in [3.05, 3.63) is 117 Å². The molecule has 0 spiro atoms. The topological polar surface area (TPSA) is 79.7 Å². The van der Waals surface area contributed by atoms with Crippen LogP contribution in [0.15, 0.2) is 85.1 Å². The fraction of sp³-hybridized carbons (Fsp3) is 0.206. The molecular formula is C34H28Cl2F3N5O3. The maximum atomic E-state index is 13.5. The molecule has 13 heteroatoms. The predicted octanol–water partition coefficient (Wildman–Crippen LogP) is 7.90. The highest BCUT2D eigenvalue weighted by atomic mass is 35.5. The highest BCUT2D eigenvalue weighted by Gasteiger charge is 2.30. The summed E-state index contributed by atoms with van der Waals surface area (Å²) in [5.74, 6) is 0.380. The van der Waals surface area contributed by atoms with Crippen LogP contribution >= 0.6 is 23.2 Å². The number of anilines is 1. The van der Waals surface area contributed by atoms with Gasteiger partial charge in [-0.2, -0.15) is 13.2 Å². The zero-order valence-electron chi connectivity index (χ0n) is 25.0. The van der Waals surface area contributed by atoms with Gasteiger partial charge in [-0.1, -0.05) is 35.3 Å². The fourth-order valence-electron chi connectivity index (χ4n) is 5.38. The molecule has 2 aromatic heterocycles. The number of hydrogen-bond donors (Lipinski definition) is 1. The van der Waals surface area contributed by atoms with Crippen LogP contribution in [0.25, 0.3) is 10.9 Å². The van der Waals surface area contributed by atoms with Crippen LogP contribution in [0.5, 0.6) is 11.6 Å². The van der Waals surface area contributed by atoms with Crippen LogP contribution in [-0.2, 0) is 19.8 Å². The number of aromatic nitrogens is 2. The number of carbonyl (C=O) groups excluding carboxylic acids is 2. The van der Waals surface area contributed by atoms with Gasteiger partial charge in [0.1, 0.15) is 11.4 Å². The number of pyridine rings is 1. The van der Waals surface area contributed by atoms with Gasteiger partial charge in [0.25, 0.3) is 11.8 Å². The quantitative estimate of drug-likeness (QED) is 0.189. The molecule has 1 saturated heterocycles. The molecule has 1 aliphatic heterocycles. The largest absolute Gasteiger partial charge is 0.439 e. The Balaban J connectivity index is 1.06. The van der Waals surface area contributed by atoms with E-state index in [-0.39, 0.29) is 16.8 Å². The van der Waals surface area contributed by atoms with E-state index >= 15 is 0 Å². The second-order valence-corrected chi connectivity index (χ2v) is 12.0. The predicted molar refractivity (Wildman–Crippen MR) is 174 cm³/mol. The Morgan fingerprint density at radius 2 is 1.64 bits per heavy atom. The first kappa shape index (κ1) is 32.4. The molecule has 5 aromatic rings. The number of fused-ring (bicyclic) bond motifs is 1. The van der Waals surface area contributed by atoms with E-state index < -0.39 is 11.7 Å². The molecule has 3 heterocycles. The number of nitrogens with zero attached hydrogens (tertiary/aromatic N) is 4. The van der Waals surface area contributed by atoms with Crippen molar-refractivity contribution in [1.82, 2.24) is 19.4 Å². The van der Waals surface area contributed by atoms with Crippen molar-refractivity contribution in [3.8, 4) is 11.6 Å². The zero-order chi connectivity index (χ0) is 33.3. The molecule has 3 aromatic carbocycles. The van der Waals surface area contributed by atoms with Crippen LogP contribution in [-0.4, -0.2) is 57.3 Å². The van der Waals surface area contributed by atoms with Gasteiger partial charge in [-0.15, -0.1) is 0 Å². The third-order valence-corrected chi connectivity index (χ3v) is 8.72. The fourth-order valence-corrected chi connectivity index (χ4v) is 5.68. The average molecular weight is 683 g/mol. The third kappa shape index (κ3) is 7.38. The molecule has 1 N–H and O–H groups in total. The molecule has 0 aliphatic carbocycles. The Labute approximate surface area is 278 Å². The van der Waals surface area contributed by atoms with Gasteiger partial charge in [0.15, 0.2) is 0 Å². The van der Waals surface area contributed by atoms with Gasteiger partial charge in [-0.3, -0.25) is 14.5 Å². The van der Waals surface area contributed by atoms with Crippen molar-refractivity contribution >= 4 is 51.6 Å². The standard InChI is InChI=1S/C34H28Cl2F3N5O3/c1-42-29-18-26(47-31-11-8-25(19-40-31)41-32(45)23-5-10-27(35)28(36)16-23)9-4-22(29)17-30(42)33(46)44-14-12-43(13-15-44)20-21-2-6-24(7-3-21)34(37,38)39/h2-11,16-19H,12-15,20H2,1H3,(H,41,45). The number of benzene rings is 3. The smallest absolute Gasteiger partial charge is 0.416 e. The first-order valence-electron chi connectivity index (χ1n) is 14.6. The molecule has 8 nitrogen and oxygen atoms in total. The van der Waals surface area contributed by atoms with Gasteiger partial charge in [0.2, 0.25) is 5.88 Å². The summed E-state index contributed by atoms with van der Waals surface area (Å²) in [4.78, 5) is 34.2. The van der Waals surface area contributed by atoms with Crippen LogP contribution in [0.1, 0.15) is 32.0 Å². The second-order valence-electron chi connectivity index (χ2n) is 11.1. The normalized spacial score (nSPS) is 14.0. The van der Waals surface area contributed by atoms with E-state index in [4.69, 9.17) is 27.9 Å². The molecule has 1 aliphatic rings. The Morgan fingerprint density at radius 3 is 2.30 bits per heavy atom. The number of halogens is 5. The minimum absolute atomic E-state index is 0.0967. The Bertz CT molecular complexity index is 1940. The number of alkyl halides is 3. The van der Waals surface area contributed by atoms with Crippen molar-refractivity contribution in [1.29, 1.82) is 0 Å². The van der Waals surface area contributed by atoms with Gasteiger partial charge in [0.05, 0.1) is 33.0 Å². The molecule has 0 radical (unpaired) electrons. The van der Waals surface area contributed by atoms with E-state index in [0.29, 0.717) is 66.3 Å². The molecule has 0 unspecified atom stereocenters. The van der Waals surface area contributed by atoms with Gasteiger partial charge >= 0.3 is 6.18 Å². The molecule has 47 heavy (non-hydrogen) atoms. The lowest BCUT2D eigenvalue weighted by atomic mass is 10.1. The molecule has 242 valence electrons. The zero-order valence-corrected chi connectivity index (χ0v) is 26.5. The van der Waals surface area contributed by atoms with Gasteiger partial charge < -0.3 is 19.5 Å². The summed E-state index contributed by atoms with van der Waals surface area (Å²) in [7, 11) is 1.82. The minimum atomic E-state index is -4.36. The monoisotopic (exact) mass is 681 g/mol. The summed E-state index contributed by atoms with van der Waals surface area (Å²) in [6, 6.07) is 20.4. The summed E-state index contributed by atoms with van der Waals surface area (Å²) >= 11 is 11.9. The van der Waals surface area contributed by atoms with Crippen LogP contribution < -0.4 is 10.1 Å². The lowest BCUT2D eigenvalue weighted by Crippen LogP contribution is -2.48. The minimum Gasteiger partial charge on any atom is -0.439 e. The van der Waals surface area contributed by atoms with Crippen molar-refractivity contribution in [2.45, 2.75) is 12.7 Å². The summed E-state index contributed by atoms with van der Waals surface area (Å²) in [5, 5.41) is 4.26. The Hall–Kier alpha value is -4.58. The summed E-state index contributed by atoms with van der Waals surface area (Å²) in [6.45, 7) is 2.75. The second kappa shape index (κ2) is 13.3. The number of aryl methyl sites for hydroxylation is 1. The summed E-state index contributed by atoms with van der Waals surface area (Å²) in [5.41, 5.74) is 2.29. The number of piperazine rings is 1. The first-order valence-corrected chi connectivity index (χ1v) is 15.4. The van der Waals surface area contributed by atoms with E-state index in [1.54, 1.807) is 35.2 Å². The molecule has 0 atom stereocenters. The first-order chi connectivity index (χ1) is 22.4. The average Bonchev–Trinajstić information content (AvgIpc) is 3.38. The highest BCUT2D eigenvalue weighted by molar-refractivity contribution is 6.42. The highest BCUT2D eigenvalue weighted by Crippen LogP contribution is 2.30. The Kier molecular flexibility index (Phi) is 9.14. The number of nitrogens with one attached hydrogen (secondary N) is 1. The van der Waals surface area contributed by atoms with E-state index in [0.717, 1.165) is 28.6 Å². The Morgan fingerprint density at radius 1 is 0.894 bits per heavy atom. The molecule has 2 amide bonds. The van der Waals surface area contributed by atoms with Crippen molar-refractivity contribution in [3.63, 3.8) is 0 Å². The lowest BCUT2D eigenvalue weighted by molar-refractivity contribution is -0.137. The number of rotatable bonds is 7. The maximum Gasteiger partial charge on any atom is 0.416 e. The van der Waals surface area contributed by atoms with E-state index in [9.17, 15) is 22.8 Å². The number of carbonyl (C=O) groups is 2. The van der Waals surface area contributed by atoms with Crippen molar-refractivity contribution in [2.24, 2.45) is 7.05 Å². The van der Waals surface area contributed by atoms with Crippen LogP contribution in [0, 0.1) is 0 Å². The molecule has 6 rings (SSSR count). The molecular weight excluding hydrogens is 654 g/mol. The van der Waals surface area contributed by atoms with Crippen LogP contribution in [0.4, 0.5) is 18.9 Å². The molecule has 0 bridgehead atoms. The van der Waals surface area contributed by atoms with Gasteiger partial charge in [-0.05, 0) is 60.2 Å². The SMILES string of the molecule is Cn1c(C(=O)N2CCN(Cc3ccc(C(F)(F)F)cc3)CC2)cc2ccc(Oc3ccc(NC(=O)c4ccc(Cl)c(Cl)c4)cn3)cc21. The molecule has 1 fully saturated rings. The van der Waals surface area contributed by atoms with Crippen molar-refractivity contribution in [2.75, 3.05) is 31.5 Å². The van der Waals surface area contributed by atoms with E-state index in [1.807, 2.05) is 29.8 Å². The maximum absolute atomic E-state index is 13.5. The summed E-state index contributed by atoms with van der Waals surface area (Å²) < 4.78 is 46.4. The van der Waals surface area contributed by atoms with E-state index in [1.165, 1.54) is 24.4 Å². The molecule has 0 saturated carbocycles. The number of ether oxygens (including phenoxy) is 1. The third-order valence-electron chi connectivity index (χ3n) is 7.98. The number of amides is 2. The van der Waals surface area contributed by atoms with E-state index in [2.05, 4.69) is 15.2 Å².